The number of carboxylic acid groups (broad SMARTS) is 1. The average Bonchev–Trinajstić information content (AvgIpc) is 2.60. The Hall–Kier alpha value is -2.73. The van der Waals surface area contributed by atoms with Crippen molar-refractivity contribution in [1.29, 1.82) is 0 Å². The molecule has 28 heavy (non-hydrogen) atoms. The Balaban J connectivity index is 2.10. The van der Waals surface area contributed by atoms with Gasteiger partial charge in [-0.25, -0.2) is 4.39 Å². The molecule has 1 amide bonds. The van der Waals surface area contributed by atoms with E-state index in [0.717, 1.165) is 11.6 Å². The van der Waals surface area contributed by atoms with Crippen LogP contribution in [-0.2, 0) is 15.0 Å². The molecule has 2 atom stereocenters. The summed E-state index contributed by atoms with van der Waals surface area (Å²) in [5.41, 5.74) is 2.01. The number of aliphatic hydroxyl groups is 1. The molecule has 2 rings (SSSR count). The van der Waals surface area contributed by atoms with E-state index in [9.17, 15) is 24.2 Å². The smallest absolute Gasteiger partial charge is 0.305 e. The number of carbonyl (C=O) groups excluding carboxylic acids is 1. The molecule has 0 aliphatic carbocycles. The van der Waals surface area contributed by atoms with Crippen molar-refractivity contribution >= 4 is 11.9 Å². The number of amides is 1. The molecular formula is C22H26FNO4. The van der Waals surface area contributed by atoms with Crippen LogP contribution in [0.15, 0.2) is 48.5 Å². The van der Waals surface area contributed by atoms with Crippen molar-refractivity contribution in [2.45, 2.75) is 51.2 Å². The summed E-state index contributed by atoms with van der Waals surface area (Å²) >= 11 is 0. The van der Waals surface area contributed by atoms with Crippen LogP contribution in [0.25, 0.3) is 0 Å². The van der Waals surface area contributed by atoms with Gasteiger partial charge in [0.15, 0.2) is 0 Å². The number of nitrogens with one attached hydrogen (secondary N) is 1. The first-order chi connectivity index (χ1) is 13.1. The summed E-state index contributed by atoms with van der Waals surface area (Å²) in [5.74, 6) is -2.06. The maximum Gasteiger partial charge on any atom is 0.305 e. The van der Waals surface area contributed by atoms with Crippen LogP contribution in [0.5, 0.6) is 0 Å². The Kier molecular flexibility index (Phi) is 6.91. The standard InChI is InChI=1S/C22H26FNO4/c1-22(2,3)16-9-7-14(8-10-16)18(12-21(27)28)24-20(26)13-19(25)15-5-4-6-17(23)11-15/h4-11,18-19,25H,12-13H2,1-3H3,(H,24,26)(H,27,28). The third-order valence-corrected chi connectivity index (χ3v) is 4.51. The molecule has 6 heteroatoms. The fourth-order valence-corrected chi connectivity index (χ4v) is 2.90. The number of carboxylic acids is 1. The first kappa shape index (κ1) is 21.6. The second-order valence-corrected chi connectivity index (χ2v) is 7.86. The van der Waals surface area contributed by atoms with Crippen LogP contribution in [0.4, 0.5) is 4.39 Å². The highest BCUT2D eigenvalue weighted by molar-refractivity contribution is 5.78. The molecule has 0 saturated heterocycles. The summed E-state index contributed by atoms with van der Waals surface area (Å²) in [6.07, 6.45) is -1.75. The van der Waals surface area contributed by atoms with Gasteiger partial charge in [-0.2, -0.15) is 0 Å². The van der Waals surface area contributed by atoms with Crippen LogP contribution < -0.4 is 5.32 Å². The van der Waals surface area contributed by atoms with Gasteiger partial charge in [-0.05, 0) is 34.2 Å². The molecule has 150 valence electrons. The van der Waals surface area contributed by atoms with E-state index in [1.54, 1.807) is 12.1 Å². The minimum Gasteiger partial charge on any atom is -0.481 e. The van der Waals surface area contributed by atoms with Crippen molar-refractivity contribution in [2.24, 2.45) is 0 Å². The third-order valence-electron chi connectivity index (χ3n) is 4.51. The van der Waals surface area contributed by atoms with E-state index >= 15 is 0 Å². The van der Waals surface area contributed by atoms with E-state index in [2.05, 4.69) is 26.1 Å². The third kappa shape index (κ3) is 6.16. The lowest BCUT2D eigenvalue weighted by molar-refractivity contribution is -0.137. The van der Waals surface area contributed by atoms with Crippen LogP contribution in [0, 0.1) is 5.82 Å². The highest BCUT2D eigenvalue weighted by Gasteiger charge is 2.21. The molecule has 2 aromatic rings. The summed E-state index contributed by atoms with van der Waals surface area (Å²) in [6, 6.07) is 12.1. The van der Waals surface area contributed by atoms with Gasteiger partial charge in [-0.15, -0.1) is 0 Å². The van der Waals surface area contributed by atoms with E-state index in [1.165, 1.54) is 18.2 Å². The quantitative estimate of drug-likeness (QED) is 0.673. The van der Waals surface area contributed by atoms with Gasteiger partial charge in [0.25, 0.3) is 0 Å². The van der Waals surface area contributed by atoms with Gasteiger partial charge in [0, 0.05) is 0 Å². The van der Waals surface area contributed by atoms with Crippen LogP contribution >= 0.6 is 0 Å². The summed E-state index contributed by atoms with van der Waals surface area (Å²) < 4.78 is 13.3. The SMILES string of the molecule is CC(C)(C)c1ccc(C(CC(=O)O)NC(=O)CC(O)c2cccc(F)c2)cc1. The van der Waals surface area contributed by atoms with Crippen molar-refractivity contribution < 1.29 is 24.2 Å². The van der Waals surface area contributed by atoms with Crippen molar-refractivity contribution in [3.63, 3.8) is 0 Å². The Morgan fingerprint density at radius 2 is 1.68 bits per heavy atom. The van der Waals surface area contributed by atoms with E-state index < -0.39 is 29.8 Å². The lowest BCUT2D eigenvalue weighted by atomic mass is 9.86. The Bertz CT molecular complexity index is 827. The van der Waals surface area contributed by atoms with Crippen LogP contribution in [0.1, 0.15) is 62.4 Å². The molecule has 0 heterocycles. The maximum atomic E-state index is 13.3. The van der Waals surface area contributed by atoms with Gasteiger partial charge in [-0.1, -0.05) is 57.2 Å². The van der Waals surface area contributed by atoms with E-state index in [0.29, 0.717) is 11.1 Å². The molecule has 0 radical (unpaired) electrons. The zero-order valence-corrected chi connectivity index (χ0v) is 16.3. The second-order valence-electron chi connectivity index (χ2n) is 7.86. The minimum absolute atomic E-state index is 0.0425. The van der Waals surface area contributed by atoms with Crippen molar-refractivity contribution in [2.75, 3.05) is 0 Å². The number of aliphatic hydroxyl groups excluding tert-OH is 1. The molecule has 0 saturated carbocycles. The summed E-state index contributed by atoms with van der Waals surface area (Å²) in [6.45, 7) is 6.23. The largest absolute Gasteiger partial charge is 0.481 e. The van der Waals surface area contributed by atoms with Gasteiger partial charge in [0.2, 0.25) is 5.91 Å². The van der Waals surface area contributed by atoms with Gasteiger partial charge in [0.1, 0.15) is 5.82 Å². The van der Waals surface area contributed by atoms with Gasteiger partial charge >= 0.3 is 5.97 Å². The minimum atomic E-state index is -1.18. The molecular weight excluding hydrogens is 361 g/mol. The maximum absolute atomic E-state index is 13.3. The number of hydrogen-bond donors (Lipinski definition) is 3. The summed E-state index contributed by atoms with van der Waals surface area (Å²) in [5, 5.41) is 22.0. The average molecular weight is 387 g/mol. The first-order valence-electron chi connectivity index (χ1n) is 9.11. The van der Waals surface area contributed by atoms with E-state index in [1.807, 2.05) is 12.1 Å². The zero-order valence-electron chi connectivity index (χ0n) is 16.3. The van der Waals surface area contributed by atoms with Crippen LogP contribution in [0.3, 0.4) is 0 Å². The van der Waals surface area contributed by atoms with Crippen LogP contribution in [0.2, 0.25) is 0 Å². The molecule has 5 nitrogen and oxygen atoms in total. The van der Waals surface area contributed by atoms with Crippen molar-refractivity contribution in [3.05, 3.63) is 71.0 Å². The predicted octanol–water partition coefficient (Wildman–Crippen LogP) is 3.88. The molecule has 0 aliphatic heterocycles. The fraction of sp³-hybridized carbons (Fsp3) is 0.364. The predicted molar refractivity (Wildman–Crippen MR) is 104 cm³/mol. The lowest BCUT2D eigenvalue weighted by Gasteiger charge is -2.22. The number of carbonyl (C=O) groups is 2. The summed E-state index contributed by atoms with van der Waals surface area (Å²) in [7, 11) is 0. The lowest BCUT2D eigenvalue weighted by Crippen LogP contribution is -2.31. The van der Waals surface area contributed by atoms with E-state index in [4.69, 9.17) is 0 Å². The molecule has 3 N–H and O–H groups in total. The highest BCUT2D eigenvalue weighted by Crippen LogP contribution is 2.25. The molecule has 0 spiro atoms. The zero-order chi connectivity index (χ0) is 20.9. The summed E-state index contributed by atoms with van der Waals surface area (Å²) in [4.78, 5) is 23.6. The van der Waals surface area contributed by atoms with E-state index in [-0.39, 0.29) is 18.3 Å². The number of halogens is 1. The molecule has 2 unspecified atom stereocenters. The van der Waals surface area contributed by atoms with Crippen molar-refractivity contribution in [1.82, 2.24) is 5.32 Å². The molecule has 0 fully saturated rings. The first-order valence-corrected chi connectivity index (χ1v) is 9.11. The number of aliphatic carboxylic acids is 1. The second kappa shape index (κ2) is 8.97. The monoisotopic (exact) mass is 387 g/mol. The van der Waals surface area contributed by atoms with Crippen molar-refractivity contribution in [3.8, 4) is 0 Å². The number of rotatable bonds is 7. The fourth-order valence-electron chi connectivity index (χ4n) is 2.90. The van der Waals surface area contributed by atoms with Gasteiger partial charge in [0.05, 0.1) is 25.0 Å². The molecule has 0 aliphatic rings. The van der Waals surface area contributed by atoms with Crippen LogP contribution in [-0.4, -0.2) is 22.1 Å². The topological polar surface area (TPSA) is 86.6 Å². The normalized spacial score (nSPS) is 13.6. The molecule has 0 aromatic heterocycles. The highest BCUT2D eigenvalue weighted by atomic mass is 19.1. The molecule has 0 bridgehead atoms. The Morgan fingerprint density at radius 1 is 1.04 bits per heavy atom. The number of hydrogen-bond acceptors (Lipinski definition) is 3. The Morgan fingerprint density at radius 3 is 2.21 bits per heavy atom. The number of benzene rings is 2. The Labute approximate surface area is 164 Å². The van der Waals surface area contributed by atoms with Gasteiger partial charge < -0.3 is 15.5 Å². The van der Waals surface area contributed by atoms with Gasteiger partial charge in [-0.3, -0.25) is 9.59 Å². The molecule has 2 aromatic carbocycles.